The minimum Gasteiger partial charge on any atom is -0.486 e. The summed E-state index contributed by atoms with van der Waals surface area (Å²) in [6.07, 6.45) is -1.77. The highest BCUT2D eigenvalue weighted by atomic mass is 35.5. The molecular formula is C12H16ClNO4S. The van der Waals surface area contributed by atoms with Crippen molar-refractivity contribution in [2.24, 2.45) is 5.73 Å². The zero-order valence-corrected chi connectivity index (χ0v) is 12.0. The maximum Gasteiger partial charge on any atom is 0.156 e. The van der Waals surface area contributed by atoms with Crippen molar-refractivity contribution in [2.75, 3.05) is 11.5 Å². The number of rotatable bonds is 3. The first-order valence-electron chi connectivity index (χ1n) is 5.88. The van der Waals surface area contributed by atoms with Gasteiger partial charge in [0, 0.05) is 16.6 Å². The van der Waals surface area contributed by atoms with Gasteiger partial charge in [0.05, 0.1) is 11.5 Å². The molecule has 0 saturated carbocycles. The monoisotopic (exact) mass is 305 g/mol. The Labute approximate surface area is 117 Å². The van der Waals surface area contributed by atoms with Gasteiger partial charge >= 0.3 is 0 Å². The van der Waals surface area contributed by atoms with Crippen molar-refractivity contribution in [1.82, 2.24) is 0 Å². The number of aliphatic hydroxyl groups excluding tert-OH is 1. The molecule has 1 aliphatic rings. The molecule has 7 heteroatoms. The van der Waals surface area contributed by atoms with Crippen molar-refractivity contribution in [3.8, 4) is 5.75 Å². The van der Waals surface area contributed by atoms with E-state index in [9.17, 15) is 13.5 Å². The van der Waals surface area contributed by atoms with E-state index in [2.05, 4.69) is 0 Å². The van der Waals surface area contributed by atoms with E-state index >= 15 is 0 Å². The SMILES string of the molecule is CC(N)c1cc(Cl)ccc1OC1CS(=O)(=O)CC1O. The Kier molecular flexibility index (Phi) is 4.06. The van der Waals surface area contributed by atoms with E-state index in [4.69, 9.17) is 22.1 Å². The minimum atomic E-state index is -3.24. The van der Waals surface area contributed by atoms with Crippen molar-refractivity contribution < 1.29 is 18.3 Å². The van der Waals surface area contributed by atoms with Gasteiger partial charge in [-0.05, 0) is 25.1 Å². The lowest BCUT2D eigenvalue weighted by molar-refractivity contribution is 0.0729. The molecular weight excluding hydrogens is 290 g/mol. The van der Waals surface area contributed by atoms with Gasteiger partial charge in [-0.3, -0.25) is 0 Å². The maximum atomic E-state index is 11.4. The topological polar surface area (TPSA) is 89.6 Å². The van der Waals surface area contributed by atoms with Crippen LogP contribution in [0, 0.1) is 0 Å². The molecule has 2 rings (SSSR count). The van der Waals surface area contributed by atoms with Crippen LogP contribution in [0.25, 0.3) is 0 Å². The first kappa shape index (κ1) is 14.6. The van der Waals surface area contributed by atoms with Gasteiger partial charge in [-0.15, -0.1) is 0 Å². The molecule has 0 radical (unpaired) electrons. The van der Waals surface area contributed by atoms with Crippen LogP contribution in [0.15, 0.2) is 18.2 Å². The van der Waals surface area contributed by atoms with Crippen LogP contribution in [0.1, 0.15) is 18.5 Å². The Morgan fingerprint density at radius 2 is 2.16 bits per heavy atom. The first-order chi connectivity index (χ1) is 8.78. The Morgan fingerprint density at radius 3 is 2.68 bits per heavy atom. The molecule has 3 atom stereocenters. The lowest BCUT2D eigenvalue weighted by Crippen LogP contribution is -2.30. The lowest BCUT2D eigenvalue weighted by Gasteiger charge is -2.20. The van der Waals surface area contributed by atoms with Gasteiger partial charge in [-0.2, -0.15) is 0 Å². The molecule has 0 spiro atoms. The predicted molar refractivity (Wildman–Crippen MR) is 73.1 cm³/mol. The Bertz CT molecular complexity index is 573. The van der Waals surface area contributed by atoms with E-state index in [1.807, 2.05) is 0 Å². The van der Waals surface area contributed by atoms with Crippen LogP contribution < -0.4 is 10.5 Å². The van der Waals surface area contributed by atoms with Crippen LogP contribution >= 0.6 is 11.6 Å². The second kappa shape index (κ2) is 5.28. The molecule has 0 aromatic heterocycles. The van der Waals surface area contributed by atoms with Gasteiger partial charge in [0.15, 0.2) is 9.84 Å². The second-order valence-corrected chi connectivity index (χ2v) is 7.36. The molecule has 3 unspecified atom stereocenters. The molecule has 1 aromatic rings. The molecule has 1 aliphatic heterocycles. The summed E-state index contributed by atoms with van der Waals surface area (Å²) in [6, 6.07) is 4.65. The summed E-state index contributed by atoms with van der Waals surface area (Å²) in [5.74, 6) is 0.00840. The molecule has 1 aromatic carbocycles. The van der Waals surface area contributed by atoms with E-state index in [0.717, 1.165) is 0 Å². The van der Waals surface area contributed by atoms with Gasteiger partial charge < -0.3 is 15.6 Å². The largest absolute Gasteiger partial charge is 0.486 e. The van der Waals surface area contributed by atoms with E-state index < -0.39 is 22.0 Å². The van der Waals surface area contributed by atoms with Crippen LogP contribution in [0.4, 0.5) is 0 Å². The summed E-state index contributed by atoms with van der Waals surface area (Å²) in [5.41, 5.74) is 6.51. The summed E-state index contributed by atoms with van der Waals surface area (Å²) in [7, 11) is -3.24. The van der Waals surface area contributed by atoms with Crippen molar-refractivity contribution >= 4 is 21.4 Å². The van der Waals surface area contributed by atoms with E-state index in [-0.39, 0.29) is 17.5 Å². The Balaban J connectivity index is 2.25. The molecule has 5 nitrogen and oxygen atoms in total. The number of hydrogen-bond acceptors (Lipinski definition) is 5. The molecule has 1 heterocycles. The fraction of sp³-hybridized carbons (Fsp3) is 0.500. The van der Waals surface area contributed by atoms with Crippen LogP contribution in [0.2, 0.25) is 5.02 Å². The van der Waals surface area contributed by atoms with Gasteiger partial charge in [-0.1, -0.05) is 11.6 Å². The van der Waals surface area contributed by atoms with Crippen molar-refractivity contribution in [3.05, 3.63) is 28.8 Å². The number of aliphatic hydroxyl groups is 1. The first-order valence-corrected chi connectivity index (χ1v) is 8.08. The molecule has 0 amide bonds. The van der Waals surface area contributed by atoms with Crippen molar-refractivity contribution in [2.45, 2.75) is 25.2 Å². The summed E-state index contributed by atoms with van der Waals surface area (Å²) in [5, 5.41) is 10.2. The quantitative estimate of drug-likeness (QED) is 0.866. The predicted octanol–water partition coefficient (Wildman–Crippen LogP) is 0.896. The van der Waals surface area contributed by atoms with Gasteiger partial charge in [-0.25, -0.2) is 8.42 Å². The molecule has 1 saturated heterocycles. The second-order valence-electron chi connectivity index (χ2n) is 4.77. The fourth-order valence-electron chi connectivity index (χ4n) is 2.06. The third-order valence-corrected chi connectivity index (χ3v) is 4.93. The standard InChI is InChI=1S/C12H16ClNO4S/c1-7(14)9-4-8(13)2-3-11(9)18-12-6-19(16,17)5-10(12)15/h2-4,7,10,12,15H,5-6,14H2,1H3. The molecule has 19 heavy (non-hydrogen) atoms. The highest BCUT2D eigenvalue weighted by Crippen LogP contribution is 2.29. The summed E-state index contributed by atoms with van der Waals surface area (Å²) >= 11 is 5.90. The number of halogens is 1. The number of nitrogens with two attached hydrogens (primary N) is 1. The number of ether oxygens (including phenoxy) is 1. The van der Waals surface area contributed by atoms with Crippen LogP contribution in [0.3, 0.4) is 0 Å². The molecule has 0 aliphatic carbocycles. The zero-order chi connectivity index (χ0) is 14.2. The normalized spacial score (nSPS) is 27.2. The van der Waals surface area contributed by atoms with Gasteiger partial charge in [0.25, 0.3) is 0 Å². The smallest absolute Gasteiger partial charge is 0.156 e. The van der Waals surface area contributed by atoms with Crippen molar-refractivity contribution in [3.63, 3.8) is 0 Å². The fourth-order valence-corrected chi connectivity index (χ4v) is 3.90. The Hall–Kier alpha value is -0.820. The third-order valence-electron chi connectivity index (χ3n) is 3.01. The number of hydrogen-bond donors (Lipinski definition) is 2. The van der Waals surface area contributed by atoms with Crippen LogP contribution in [-0.2, 0) is 9.84 Å². The molecule has 106 valence electrons. The average molecular weight is 306 g/mol. The Morgan fingerprint density at radius 1 is 1.47 bits per heavy atom. The zero-order valence-electron chi connectivity index (χ0n) is 10.4. The number of benzene rings is 1. The van der Waals surface area contributed by atoms with E-state index in [0.29, 0.717) is 16.3 Å². The van der Waals surface area contributed by atoms with Crippen LogP contribution in [-0.4, -0.2) is 37.2 Å². The third kappa shape index (κ3) is 3.39. The minimum absolute atomic E-state index is 0.185. The van der Waals surface area contributed by atoms with Gasteiger partial charge in [0.2, 0.25) is 0 Å². The highest BCUT2D eigenvalue weighted by molar-refractivity contribution is 7.91. The molecule has 0 bridgehead atoms. The summed E-state index contributed by atoms with van der Waals surface area (Å²) < 4.78 is 28.5. The summed E-state index contributed by atoms with van der Waals surface area (Å²) in [4.78, 5) is 0. The summed E-state index contributed by atoms with van der Waals surface area (Å²) in [6.45, 7) is 1.78. The number of sulfone groups is 1. The maximum absolute atomic E-state index is 11.4. The molecule has 1 fully saturated rings. The lowest BCUT2D eigenvalue weighted by atomic mass is 10.1. The van der Waals surface area contributed by atoms with Crippen molar-refractivity contribution in [1.29, 1.82) is 0 Å². The van der Waals surface area contributed by atoms with Gasteiger partial charge in [0.1, 0.15) is 18.0 Å². The van der Waals surface area contributed by atoms with E-state index in [1.165, 1.54) is 0 Å². The molecule has 3 N–H and O–H groups in total. The average Bonchev–Trinajstić information content (AvgIpc) is 2.54. The van der Waals surface area contributed by atoms with E-state index in [1.54, 1.807) is 25.1 Å². The van der Waals surface area contributed by atoms with Crippen LogP contribution in [0.5, 0.6) is 5.75 Å². The highest BCUT2D eigenvalue weighted by Gasteiger charge is 2.38.